The molecule has 104 valence electrons. The van der Waals surface area contributed by atoms with E-state index in [1.807, 2.05) is 6.07 Å². The lowest BCUT2D eigenvalue weighted by atomic mass is 10.2. The van der Waals surface area contributed by atoms with E-state index in [0.29, 0.717) is 24.9 Å². The quantitative estimate of drug-likeness (QED) is 0.634. The van der Waals surface area contributed by atoms with E-state index in [1.165, 1.54) is 0 Å². The number of hydrogen-bond acceptors (Lipinski definition) is 3. The minimum Gasteiger partial charge on any atom is -0.392 e. The summed E-state index contributed by atoms with van der Waals surface area (Å²) in [5, 5.41) is 14.4. The Kier molecular flexibility index (Phi) is 6.60. The Morgan fingerprint density at radius 3 is 2.53 bits per heavy atom. The fourth-order valence-electron chi connectivity index (χ4n) is 1.49. The first-order valence-corrected chi connectivity index (χ1v) is 6.37. The molecule has 5 heteroatoms. The summed E-state index contributed by atoms with van der Waals surface area (Å²) in [5.41, 5.74) is 0.612. The maximum atomic E-state index is 11.7. The van der Waals surface area contributed by atoms with Crippen LogP contribution in [-0.2, 0) is 4.79 Å². The van der Waals surface area contributed by atoms with Gasteiger partial charge in [0, 0.05) is 25.1 Å². The molecule has 0 fully saturated rings. The Bertz CT molecular complexity index is 404. The van der Waals surface area contributed by atoms with Crippen molar-refractivity contribution in [3.63, 3.8) is 0 Å². The van der Waals surface area contributed by atoms with Crippen molar-refractivity contribution >= 4 is 11.8 Å². The fourth-order valence-corrected chi connectivity index (χ4v) is 1.49. The summed E-state index contributed by atoms with van der Waals surface area (Å²) in [4.78, 5) is 23.0. The third-order valence-corrected chi connectivity index (χ3v) is 2.50. The molecule has 1 unspecified atom stereocenters. The average molecular weight is 264 g/mol. The molecule has 1 aromatic rings. The molecule has 2 amide bonds. The first kappa shape index (κ1) is 15.2. The highest BCUT2D eigenvalue weighted by Crippen LogP contribution is 1.98. The summed E-state index contributed by atoms with van der Waals surface area (Å²) in [6.07, 6.45) is 0.369. The van der Waals surface area contributed by atoms with Gasteiger partial charge in [-0.2, -0.15) is 0 Å². The highest BCUT2D eigenvalue weighted by Gasteiger charge is 2.05. The van der Waals surface area contributed by atoms with Crippen LogP contribution in [0.1, 0.15) is 30.1 Å². The maximum Gasteiger partial charge on any atom is 0.251 e. The number of aliphatic hydroxyl groups is 1. The van der Waals surface area contributed by atoms with Gasteiger partial charge in [-0.1, -0.05) is 18.2 Å². The molecule has 0 saturated heterocycles. The van der Waals surface area contributed by atoms with Crippen LogP contribution in [0, 0.1) is 0 Å². The van der Waals surface area contributed by atoms with E-state index in [-0.39, 0.29) is 18.4 Å². The molecule has 1 atom stereocenters. The van der Waals surface area contributed by atoms with Gasteiger partial charge in [-0.3, -0.25) is 9.59 Å². The molecule has 0 spiro atoms. The first-order valence-electron chi connectivity index (χ1n) is 6.37. The predicted molar refractivity (Wildman–Crippen MR) is 72.7 cm³/mol. The summed E-state index contributed by atoms with van der Waals surface area (Å²) in [5.74, 6) is -0.250. The molecule has 0 heterocycles. The van der Waals surface area contributed by atoms with Gasteiger partial charge in [0.05, 0.1) is 6.10 Å². The predicted octanol–water partition coefficient (Wildman–Crippen LogP) is 0.694. The molecule has 1 aromatic carbocycles. The van der Waals surface area contributed by atoms with Crippen LogP contribution in [0.2, 0.25) is 0 Å². The van der Waals surface area contributed by atoms with E-state index in [9.17, 15) is 9.59 Å². The number of carbonyl (C=O) groups is 2. The molecule has 1 rings (SSSR count). The lowest BCUT2D eigenvalue weighted by Gasteiger charge is -2.07. The number of nitrogens with one attached hydrogen (secondary N) is 2. The van der Waals surface area contributed by atoms with Crippen molar-refractivity contribution in [3.8, 4) is 0 Å². The van der Waals surface area contributed by atoms with E-state index in [2.05, 4.69) is 10.6 Å². The molecule has 0 saturated carbocycles. The second-order valence-electron chi connectivity index (χ2n) is 4.38. The molecular formula is C14H20N2O3. The monoisotopic (exact) mass is 264 g/mol. The van der Waals surface area contributed by atoms with Crippen molar-refractivity contribution in [2.24, 2.45) is 0 Å². The van der Waals surface area contributed by atoms with Crippen LogP contribution in [0.4, 0.5) is 0 Å². The topological polar surface area (TPSA) is 78.4 Å². The molecule has 3 N–H and O–H groups in total. The van der Waals surface area contributed by atoms with Crippen molar-refractivity contribution in [1.82, 2.24) is 10.6 Å². The van der Waals surface area contributed by atoms with Gasteiger partial charge in [-0.05, 0) is 25.5 Å². The third-order valence-electron chi connectivity index (χ3n) is 2.50. The zero-order valence-corrected chi connectivity index (χ0v) is 11.1. The van der Waals surface area contributed by atoms with Crippen LogP contribution < -0.4 is 10.6 Å². The number of benzene rings is 1. The average Bonchev–Trinajstić information content (AvgIpc) is 2.42. The largest absolute Gasteiger partial charge is 0.392 e. The van der Waals surface area contributed by atoms with Gasteiger partial charge in [-0.15, -0.1) is 0 Å². The molecule has 19 heavy (non-hydrogen) atoms. The molecule has 0 aliphatic rings. The second-order valence-corrected chi connectivity index (χ2v) is 4.38. The Morgan fingerprint density at radius 1 is 1.21 bits per heavy atom. The van der Waals surface area contributed by atoms with Gasteiger partial charge in [0.15, 0.2) is 0 Å². The van der Waals surface area contributed by atoms with E-state index in [1.54, 1.807) is 31.2 Å². The molecule has 0 aromatic heterocycles. The SMILES string of the molecule is CC(O)CNC(=O)CCCNC(=O)c1ccccc1. The summed E-state index contributed by atoms with van der Waals surface area (Å²) >= 11 is 0. The Balaban J connectivity index is 2.14. The van der Waals surface area contributed by atoms with Gasteiger partial charge in [0.25, 0.3) is 5.91 Å². The molecule has 0 aliphatic carbocycles. The van der Waals surface area contributed by atoms with Crippen molar-refractivity contribution in [2.75, 3.05) is 13.1 Å². The van der Waals surface area contributed by atoms with Gasteiger partial charge in [0.1, 0.15) is 0 Å². The zero-order valence-electron chi connectivity index (χ0n) is 11.1. The Hall–Kier alpha value is -1.88. The van der Waals surface area contributed by atoms with Crippen molar-refractivity contribution in [2.45, 2.75) is 25.9 Å². The van der Waals surface area contributed by atoms with Gasteiger partial charge in [-0.25, -0.2) is 0 Å². The summed E-state index contributed by atoms with van der Waals surface area (Å²) < 4.78 is 0. The van der Waals surface area contributed by atoms with Crippen LogP contribution in [0.5, 0.6) is 0 Å². The van der Waals surface area contributed by atoms with Crippen LogP contribution in [0.15, 0.2) is 30.3 Å². The maximum absolute atomic E-state index is 11.7. The third kappa shape index (κ3) is 6.57. The molecule has 0 bridgehead atoms. The van der Waals surface area contributed by atoms with E-state index in [0.717, 1.165) is 0 Å². The van der Waals surface area contributed by atoms with Gasteiger partial charge < -0.3 is 15.7 Å². The van der Waals surface area contributed by atoms with Crippen molar-refractivity contribution in [3.05, 3.63) is 35.9 Å². The van der Waals surface area contributed by atoms with Crippen LogP contribution in [-0.4, -0.2) is 36.1 Å². The smallest absolute Gasteiger partial charge is 0.251 e. The lowest BCUT2D eigenvalue weighted by Crippen LogP contribution is -2.31. The highest BCUT2D eigenvalue weighted by molar-refractivity contribution is 5.94. The number of carbonyl (C=O) groups excluding carboxylic acids is 2. The summed E-state index contributed by atoms with van der Waals surface area (Å²) in [7, 11) is 0. The normalized spacial score (nSPS) is 11.7. The van der Waals surface area contributed by atoms with Crippen molar-refractivity contribution in [1.29, 1.82) is 0 Å². The van der Waals surface area contributed by atoms with E-state index in [4.69, 9.17) is 5.11 Å². The van der Waals surface area contributed by atoms with Gasteiger partial charge >= 0.3 is 0 Å². The highest BCUT2D eigenvalue weighted by atomic mass is 16.3. The number of amides is 2. The fraction of sp³-hybridized carbons (Fsp3) is 0.429. The Morgan fingerprint density at radius 2 is 1.89 bits per heavy atom. The molecule has 0 aliphatic heterocycles. The van der Waals surface area contributed by atoms with Crippen LogP contribution in [0.25, 0.3) is 0 Å². The van der Waals surface area contributed by atoms with E-state index >= 15 is 0 Å². The molecule has 0 radical (unpaired) electrons. The lowest BCUT2D eigenvalue weighted by molar-refractivity contribution is -0.121. The minimum atomic E-state index is -0.540. The van der Waals surface area contributed by atoms with E-state index < -0.39 is 6.10 Å². The first-order chi connectivity index (χ1) is 9.09. The summed E-state index contributed by atoms with van der Waals surface area (Å²) in [6.45, 7) is 2.32. The number of aliphatic hydroxyl groups excluding tert-OH is 1. The van der Waals surface area contributed by atoms with Crippen molar-refractivity contribution < 1.29 is 14.7 Å². The zero-order chi connectivity index (χ0) is 14.1. The minimum absolute atomic E-state index is 0.116. The Labute approximate surface area is 113 Å². The molecule has 5 nitrogen and oxygen atoms in total. The molecular weight excluding hydrogens is 244 g/mol. The van der Waals surface area contributed by atoms with Gasteiger partial charge in [0.2, 0.25) is 5.91 Å². The standard InChI is InChI=1S/C14H20N2O3/c1-11(17)10-16-13(18)8-5-9-15-14(19)12-6-3-2-4-7-12/h2-4,6-7,11,17H,5,8-10H2,1H3,(H,15,19)(H,16,18). The van der Waals surface area contributed by atoms with Crippen LogP contribution in [0.3, 0.4) is 0 Å². The van der Waals surface area contributed by atoms with Crippen LogP contribution >= 0.6 is 0 Å². The number of rotatable bonds is 7. The summed E-state index contributed by atoms with van der Waals surface area (Å²) in [6, 6.07) is 8.94. The number of hydrogen-bond donors (Lipinski definition) is 3. The second kappa shape index (κ2) is 8.26.